The Balaban J connectivity index is 3.02. The molecular formula is C11H14O2. The summed E-state index contributed by atoms with van der Waals surface area (Å²) in [4.78, 5) is 0. The lowest BCUT2D eigenvalue weighted by Gasteiger charge is -2.08. The Bertz CT molecular complexity index is 292. The molecule has 0 unspecified atom stereocenters. The molecule has 0 fully saturated rings. The van der Waals surface area contributed by atoms with Gasteiger partial charge in [-0.3, -0.25) is 0 Å². The average molecular weight is 178 g/mol. The van der Waals surface area contributed by atoms with Crippen molar-refractivity contribution in [2.75, 3.05) is 13.7 Å². The maximum absolute atomic E-state index is 5.42. The predicted molar refractivity (Wildman–Crippen MR) is 54.3 cm³/mol. The van der Waals surface area contributed by atoms with Gasteiger partial charge >= 0.3 is 0 Å². The minimum absolute atomic E-state index is 0.647. The summed E-state index contributed by atoms with van der Waals surface area (Å²) in [5, 5.41) is 0. The topological polar surface area (TPSA) is 18.5 Å². The lowest BCUT2D eigenvalue weighted by Crippen LogP contribution is -1.94. The summed E-state index contributed by atoms with van der Waals surface area (Å²) in [5.41, 5.74) is 0.989. The summed E-state index contributed by atoms with van der Waals surface area (Å²) < 4.78 is 10.5. The summed E-state index contributed by atoms with van der Waals surface area (Å²) in [5.74, 6) is 1.62. The molecule has 2 nitrogen and oxygen atoms in total. The zero-order valence-electron chi connectivity index (χ0n) is 8.04. The second kappa shape index (κ2) is 4.55. The monoisotopic (exact) mass is 178 g/mol. The molecule has 70 valence electrons. The third-order valence-electron chi connectivity index (χ3n) is 1.74. The normalized spacial score (nSPS) is 9.38. The van der Waals surface area contributed by atoms with E-state index in [1.807, 2.05) is 25.1 Å². The minimum Gasteiger partial charge on any atom is -0.497 e. The van der Waals surface area contributed by atoms with Crippen LogP contribution in [0.2, 0.25) is 0 Å². The van der Waals surface area contributed by atoms with E-state index in [4.69, 9.17) is 9.47 Å². The summed E-state index contributed by atoms with van der Waals surface area (Å²) >= 11 is 0. The van der Waals surface area contributed by atoms with E-state index in [9.17, 15) is 0 Å². The van der Waals surface area contributed by atoms with Crippen molar-refractivity contribution in [2.24, 2.45) is 0 Å². The first-order chi connectivity index (χ1) is 6.31. The maximum atomic E-state index is 5.42. The fraction of sp³-hybridized carbons (Fsp3) is 0.273. The fourth-order valence-corrected chi connectivity index (χ4v) is 1.09. The second-order valence-electron chi connectivity index (χ2n) is 2.54. The molecule has 0 saturated carbocycles. The maximum Gasteiger partial charge on any atom is 0.130 e. The van der Waals surface area contributed by atoms with Crippen molar-refractivity contribution < 1.29 is 9.47 Å². The van der Waals surface area contributed by atoms with Crippen LogP contribution in [0.3, 0.4) is 0 Å². The Kier molecular flexibility index (Phi) is 3.38. The van der Waals surface area contributed by atoms with Gasteiger partial charge in [0, 0.05) is 11.6 Å². The highest BCUT2D eigenvalue weighted by molar-refractivity contribution is 5.57. The van der Waals surface area contributed by atoms with Crippen molar-refractivity contribution >= 4 is 6.08 Å². The number of benzene rings is 1. The van der Waals surface area contributed by atoms with Gasteiger partial charge in [-0.1, -0.05) is 12.7 Å². The molecule has 0 N–H and O–H groups in total. The summed E-state index contributed by atoms with van der Waals surface area (Å²) in [6.45, 7) is 6.31. The van der Waals surface area contributed by atoms with E-state index in [1.165, 1.54) is 0 Å². The van der Waals surface area contributed by atoms with Crippen molar-refractivity contribution in [1.82, 2.24) is 0 Å². The van der Waals surface area contributed by atoms with Gasteiger partial charge in [0.2, 0.25) is 0 Å². The highest BCUT2D eigenvalue weighted by atomic mass is 16.5. The molecule has 0 aliphatic heterocycles. The minimum atomic E-state index is 0.647. The Morgan fingerprint density at radius 3 is 2.77 bits per heavy atom. The Hall–Kier alpha value is -1.44. The smallest absolute Gasteiger partial charge is 0.130 e. The van der Waals surface area contributed by atoms with E-state index in [1.54, 1.807) is 13.2 Å². The van der Waals surface area contributed by atoms with Crippen LogP contribution in [0.15, 0.2) is 24.8 Å². The summed E-state index contributed by atoms with van der Waals surface area (Å²) in [6.07, 6.45) is 1.77. The molecule has 0 spiro atoms. The van der Waals surface area contributed by atoms with Crippen molar-refractivity contribution in [2.45, 2.75) is 6.92 Å². The highest BCUT2D eigenvalue weighted by Crippen LogP contribution is 2.25. The van der Waals surface area contributed by atoms with Crippen LogP contribution in [-0.4, -0.2) is 13.7 Å². The van der Waals surface area contributed by atoms with Crippen LogP contribution in [0.25, 0.3) is 6.08 Å². The molecule has 0 saturated heterocycles. The molecule has 13 heavy (non-hydrogen) atoms. The fourth-order valence-electron chi connectivity index (χ4n) is 1.09. The van der Waals surface area contributed by atoms with Crippen molar-refractivity contribution in [3.8, 4) is 11.5 Å². The van der Waals surface area contributed by atoms with Gasteiger partial charge in [-0.25, -0.2) is 0 Å². The molecule has 0 aliphatic carbocycles. The number of hydrogen-bond acceptors (Lipinski definition) is 2. The average Bonchev–Trinajstić information content (AvgIpc) is 2.18. The van der Waals surface area contributed by atoms with Crippen LogP contribution >= 0.6 is 0 Å². The van der Waals surface area contributed by atoms with Crippen molar-refractivity contribution in [3.63, 3.8) is 0 Å². The van der Waals surface area contributed by atoms with Gasteiger partial charge in [0.1, 0.15) is 11.5 Å². The predicted octanol–water partition coefficient (Wildman–Crippen LogP) is 2.74. The van der Waals surface area contributed by atoms with Crippen LogP contribution in [-0.2, 0) is 0 Å². The molecule has 1 aromatic rings. The van der Waals surface area contributed by atoms with Crippen molar-refractivity contribution in [1.29, 1.82) is 0 Å². The van der Waals surface area contributed by atoms with E-state index >= 15 is 0 Å². The molecule has 1 rings (SSSR count). The van der Waals surface area contributed by atoms with E-state index < -0.39 is 0 Å². The summed E-state index contributed by atoms with van der Waals surface area (Å²) in [6, 6.07) is 5.68. The number of rotatable bonds is 4. The molecule has 2 heteroatoms. The lowest BCUT2D eigenvalue weighted by molar-refractivity contribution is 0.335. The Morgan fingerprint density at radius 1 is 1.46 bits per heavy atom. The summed E-state index contributed by atoms with van der Waals surface area (Å²) in [7, 11) is 1.64. The van der Waals surface area contributed by atoms with Gasteiger partial charge < -0.3 is 9.47 Å². The number of hydrogen-bond donors (Lipinski definition) is 0. The van der Waals surface area contributed by atoms with Crippen LogP contribution < -0.4 is 9.47 Å². The van der Waals surface area contributed by atoms with Gasteiger partial charge in [-0.05, 0) is 19.1 Å². The quantitative estimate of drug-likeness (QED) is 0.705. The first-order valence-electron chi connectivity index (χ1n) is 4.25. The second-order valence-corrected chi connectivity index (χ2v) is 2.54. The standard InChI is InChI=1S/C11H14O2/c1-4-9-6-7-10(12-3)8-11(9)13-5-2/h4,6-8H,1,5H2,2-3H3. The molecule has 0 heterocycles. The van der Waals surface area contributed by atoms with Gasteiger partial charge in [0.15, 0.2) is 0 Å². The van der Waals surface area contributed by atoms with Gasteiger partial charge in [-0.15, -0.1) is 0 Å². The Labute approximate surface area is 78.8 Å². The third-order valence-corrected chi connectivity index (χ3v) is 1.74. The molecular weight excluding hydrogens is 164 g/mol. The zero-order valence-corrected chi connectivity index (χ0v) is 8.04. The van der Waals surface area contributed by atoms with Crippen LogP contribution in [0, 0.1) is 0 Å². The number of methoxy groups -OCH3 is 1. The molecule has 0 bridgehead atoms. The first kappa shape index (κ1) is 9.65. The van der Waals surface area contributed by atoms with Gasteiger partial charge in [0.25, 0.3) is 0 Å². The van der Waals surface area contributed by atoms with E-state index in [2.05, 4.69) is 6.58 Å². The highest BCUT2D eigenvalue weighted by Gasteiger charge is 2.01. The lowest BCUT2D eigenvalue weighted by atomic mass is 10.2. The van der Waals surface area contributed by atoms with Gasteiger partial charge in [-0.2, -0.15) is 0 Å². The molecule has 1 aromatic carbocycles. The molecule has 0 atom stereocenters. The SMILES string of the molecule is C=Cc1ccc(OC)cc1OCC. The van der Waals surface area contributed by atoms with Crippen LogP contribution in [0.1, 0.15) is 12.5 Å². The van der Waals surface area contributed by atoms with E-state index in [0.29, 0.717) is 6.61 Å². The van der Waals surface area contributed by atoms with Gasteiger partial charge in [0.05, 0.1) is 13.7 Å². The Morgan fingerprint density at radius 2 is 2.23 bits per heavy atom. The van der Waals surface area contributed by atoms with Crippen LogP contribution in [0.4, 0.5) is 0 Å². The van der Waals surface area contributed by atoms with Crippen LogP contribution in [0.5, 0.6) is 11.5 Å². The molecule has 0 radical (unpaired) electrons. The van der Waals surface area contributed by atoms with Crippen molar-refractivity contribution in [3.05, 3.63) is 30.3 Å². The largest absolute Gasteiger partial charge is 0.497 e. The first-order valence-corrected chi connectivity index (χ1v) is 4.25. The van der Waals surface area contributed by atoms with E-state index in [0.717, 1.165) is 17.1 Å². The zero-order chi connectivity index (χ0) is 9.68. The van der Waals surface area contributed by atoms with E-state index in [-0.39, 0.29) is 0 Å². The number of ether oxygens (including phenoxy) is 2. The molecule has 0 aliphatic rings. The third kappa shape index (κ3) is 2.25. The molecule has 0 amide bonds. The molecule has 0 aromatic heterocycles.